The SMILES string of the molecule is CCNC(=NCCc1c[nH]c2cccc(C)c12)NCCNC(=O)c1ccc(O)cc1.I. The number of amides is 1. The van der Waals surface area contributed by atoms with Crippen molar-refractivity contribution in [2.45, 2.75) is 20.3 Å². The van der Waals surface area contributed by atoms with Crippen LogP contribution in [-0.2, 0) is 6.42 Å². The van der Waals surface area contributed by atoms with E-state index in [1.807, 2.05) is 6.92 Å². The van der Waals surface area contributed by atoms with Crippen molar-refractivity contribution >= 4 is 46.7 Å². The zero-order valence-electron chi connectivity index (χ0n) is 17.9. The number of aryl methyl sites for hydroxylation is 1. The summed E-state index contributed by atoms with van der Waals surface area (Å²) >= 11 is 0. The molecule has 31 heavy (non-hydrogen) atoms. The van der Waals surface area contributed by atoms with Crippen molar-refractivity contribution in [2.24, 2.45) is 4.99 Å². The number of aliphatic imine (C=N–C) groups is 1. The topological polar surface area (TPSA) is 102 Å². The summed E-state index contributed by atoms with van der Waals surface area (Å²) in [5.41, 5.74) is 4.21. The Kier molecular flexibility index (Phi) is 9.64. The summed E-state index contributed by atoms with van der Waals surface area (Å²) in [6, 6.07) is 12.5. The number of carbonyl (C=O) groups is 1. The van der Waals surface area contributed by atoms with Crippen LogP contribution in [0.5, 0.6) is 5.75 Å². The molecule has 1 heterocycles. The third kappa shape index (κ3) is 6.88. The molecule has 3 rings (SSSR count). The van der Waals surface area contributed by atoms with Gasteiger partial charge < -0.3 is 26.0 Å². The number of H-pyrrole nitrogens is 1. The van der Waals surface area contributed by atoms with Gasteiger partial charge in [-0.15, -0.1) is 24.0 Å². The van der Waals surface area contributed by atoms with Crippen LogP contribution in [0.3, 0.4) is 0 Å². The van der Waals surface area contributed by atoms with Gasteiger partial charge in [-0.2, -0.15) is 0 Å². The summed E-state index contributed by atoms with van der Waals surface area (Å²) in [5, 5.41) is 19.9. The van der Waals surface area contributed by atoms with Crippen LogP contribution in [0.25, 0.3) is 10.9 Å². The molecule has 0 unspecified atom stereocenters. The second kappa shape index (κ2) is 12.2. The Morgan fingerprint density at radius 1 is 1.06 bits per heavy atom. The highest BCUT2D eigenvalue weighted by Gasteiger charge is 2.07. The van der Waals surface area contributed by atoms with E-state index in [9.17, 15) is 9.90 Å². The average molecular weight is 535 g/mol. The first-order chi connectivity index (χ1) is 14.6. The molecule has 5 N–H and O–H groups in total. The molecule has 0 radical (unpaired) electrons. The monoisotopic (exact) mass is 535 g/mol. The number of phenols is 1. The number of rotatable bonds is 8. The Labute approximate surface area is 199 Å². The summed E-state index contributed by atoms with van der Waals surface area (Å²) in [6.45, 7) is 6.59. The lowest BCUT2D eigenvalue weighted by Crippen LogP contribution is -2.41. The lowest BCUT2D eigenvalue weighted by atomic mass is 10.1. The van der Waals surface area contributed by atoms with Crippen molar-refractivity contribution in [2.75, 3.05) is 26.2 Å². The van der Waals surface area contributed by atoms with E-state index in [1.54, 1.807) is 12.1 Å². The molecule has 0 atom stereocenters. The average Bonchev–Trinajstić information content (AvgIpc) is 3.16. The van der Waals surface area contributed by atoms with E-state index in [4.69, 9.17) is 0 Å². The van der Waals surface area contributed by atoms with E-state index < -0.39 is 0 Å². The minimum absolute atomic E-state index is 0. The number of phenolic OH excluding ortho intramolecular Hbond substituents is 1. The third-order valence-electron chi connectivity index (χ3n) is 4.82. The number of fused-ring (bicyclic) bond motifs is 1. The number of nitrogens with one attached hydrogen (secondary N) is 4. The molecule has 8 heteroatoms. The van der Waals surface area contributed by atoms with Crippen molar-refractivity contribution in [3.05, 3.63) is 65.4 Å². The molecule has 0 aliphatic heterocycles. The van der Waals surface area contributed by atoms with Gasteiger partial charge in [0, 0.05) is 48.8 Å². The molecule has 0 saturated carbocycles. The van der Waals surface area contributed by atoms with E-state index in [0.29, 0.717) is 25.2 Å². The summed E-state index contributed by atoms with van der Waals surface area (Å²) in [7, 11) is 0. The molecule has 0 bridgehead atoms. The lowest BCUT2D eigenvalue weighted by molar-refractivity contribution is 0.0954. The van der Waals surface area contributed by atoms with Gasteiger partial charge in [0.05, 0.1) is 0 Å². The maximum atomic E-state index is 12.1. The first-order valence-electron chi connectivity index (χ1n) is 10.2. The number of nitrogens with zero attached hydrogens (tertiary/aromatic N) is 1. The molecular weight excluding hydrogens is 505 g/mol. The molecule has 166 valence electrons. The number of benzene rings is 2. The molecule has 0 aliphatic rings. The Balaban J connectivity index is 0.00000341. The number of halogens is 1. The number of aromatic nitrogens is 1. The molecular formula is C23H30IN5O2. The molecule has 3 aromatic rings. The van der Waals surface area contributed by atoms with E-state index in [-0.39, 0.29) is 35.6 Å². The maximum Gasteiger partial charge on any atom is 0.251 e. The fourth-order valence-electron chi connectivity index (χ4n) is 3.35. The highest BCUT2D eigenvalue weighted by Crippen LogP contribution is 2.22. The fraction of sp³-hybridized carbons (Fsp3) is 0.304. The number of guanidine groups is 1. The standard InChI is InChI=1S/C23H29N5O2.HI/c1-3-24-23(27-14-13-25-22(30)17-7-9-19(29)10-8-17)26-12-11-18-15-28-20-6-4-5-16(2)21(18)20;/h4-10,15,28-29H,3,11-14H2,1-2H3,(H,25,30)(H2,24,26,27);1H. The number of aromatic amines is 1. The van der Waals surface area contributed by atoms with Crippen LogP contribution >= 0.6 is 24.0 Å². The summed E-state index contributed by atoms with van der Waals surface area (Å²) in [5.74, 6) is 0.698. The predicted octanol–water partition coefficient (Wildman–Crippen LogP) is 3.33. The van der Waals surface area contributed by atoms with Gasteiger partial charge in [-0.25, -0.2) is 0 Å². The Hall–Kier alpha value is -2.75. The van der Waals surface area contributed by atoms with Crippen LogP contribution in [0, 0.1) is 6.92 Å². The quantitative estimate of drug-likeness (QED) is 0.132. The fourth-order valence-corrected chi connectivity index (χ4v) is 3.35. The highest BCUT2D eigenvalue weighted by molar-refractivity contribution is 14.0. The first-order valence-corrected chi connectivity index (χ1v) is 10.2. The zero-order chi connectivity index (χ0) is 21.3. The third-order valence-corrected chi connectivity index (χ3v) is 4.82. The smallest absolute Gasteiger partial charge is 0.251 e. The number of hydrogen-bond donors (Lipinski definition) is 5. The van der Waals surface area contributed by atoms with Crippen molar-refractivity contribution in [1.29, 1.82) is 0 Å². The van der Waals surface area contributed by atoms with E-state index in [0.717, 1.165) is 24.4 Å². The van der Waals surface area contributed by atoms with Crippen LogP contribution in [0.15, 0.2) is 53.7 Å². The van der Waals surface area contributed by atoms with Gasteiger partial charge in [0.2, 0.25) is 0 Å². The van der Waals surface area contributed by atoms with Crippen LogP contribution in [-0.4, -0.2) is 48.1 Å². The number of aromatic hydroxyl groups is 1. The van der Waals surface area contributed by atoms with Crippen molar-refractivity contribution < 1.29 is 9.90 Å². The molecule has 7 nitrogen and oxygen atoms in total. The van der Waals surface area contributed by atoms with E-state index in [2.05, 4.69) is 57.2 Å². The lowest BCUT2D eigenvalue weighted by Gasteiger charge is -2.12. The Bertz CT molecular complexity index is 1010. The van der Waals surface area contributed by atoms with Crippen LogP contribution in [0.2, 0.25) is 0 Å². The minimum Gasteiger partial charge on any atom is -0.508 e. The largest absolute Gasteiger partial charge is 0.508 e. The van der Waals surface area contributed by atoms with E-state index in [1.165, 1.54) is 28.6 Å². The van der Waals surface area contributed by atoms with Gasteiger partial charge in [-0.3, -0.25) is 9.79 Å². The maximum absolute atomic E-state index is 12.1. The summed E-state index contributed by atoms with van der Waals surface area (Å²) < 4.78 is 0. The molecule has 0 saturated heterocycles. The molecule has 2 aromatic carbocycles. The number of carbonyl (C=O) groups excluding carboxylic acids is 1. The highest BCUT2D eigenvalue weighted by atomic mass is 127. The van der Waals surface area contributed by atoms with Gasteiger partial charge in [-0.05, 0) is 61.7 Å². The van der Waals surface area contributed by atoms with E-state index >= 15 is 0 Å². The number of hydrogen-bond acceptors (Lipinski definition) is 3. The van der Waals surface area contributed by atoms with Crippen LogP contribution in [0.4, 0.5) is 0 Å². The molecule has 1 amide bonds. The second-order valence-electron chi connectivity index (χ2n) is 7.05. The van der Waals surface area contributed by atoms with Gasteiger partial charge in [0.1, 0.15) is 5.75 Å². The molecule has 0 aliphatic carbocycles. The summed E-state index contributed by atoms with van der Waals surface area (Å²) in [4.78, 5) is 20.1. The van der Waals surface area contributed by atoms with Crippen molar-refractivity contribution in [1.82, 2.24) is 20.9 Å². The normalized spacial score (nSPS) is 11.1. The first kappa shape index (κ1) is 24.5. The molecule has 0 fully saturated rings. The predicted molar refractivity (Wildman–Crippen MR) is 137 cm³/mol. The van der Waals surface area contributed by atoms with Crippen molar-refractivity contribution in [3.63, 3.8) is 0 Å². The van der Waals surface area contributed by atoms with Crippen LogP contribution in [0.1, 0.15) is 28.4 Å². The van der Waals surface area contributed by atoms with Crippen molar-refractivity contribution in [3.8, 4) is 5.75 Å². The molecule has 0 spiro atoms. The van der Waals surface area contributed by atoms with Gasteiger partial charge in [0.25, 0.3) is 5.91 Å². The van der Waals surface area contributed by atoms with Gasteiger partial charge in [-0.1, -0.05) is 12.1 Å². The summed E-state index contributed by atoms with van der Waals surface area (Å²) in [6.07, 6.45) is 2.91. The van der Waals surface area contributed by atoms with Crippen LogP contribution < -0.4 is 16.0 Å². The molecule has 1 aromatic heterocycles. The van der Waals surface area contributed by atoms with Gasteiger partial charge >= 0.3 is 0 Å². The Morgan fingerprint density at radius 2 is 1.81 bits per heavy atom. The zero-order valence-corrected chi connectivity index (χ0v) is 20.2. The Morgan fingerprint density at radius 3 is 2.55 bits per heavy atom. The minimum atomic E-state index is -0.173. The van der Waals surface area contributed by atoms with Gasteiger partial charge in [0.15, 0.2) is 5.96 Å². The second-order valence-corrected chi connectivity index (χ2v) is 7.05.